The number of hydrogen-bond acceptors (Lipinski definition) is 4. The average molecular weight is 225 g/mol. The molecule has 0 spiro atoms. The summed E-state index contributed by atoms with van der Waals surface area (Å²) in [5, 5.41) is 18.7. The van der Waals surface area contributed by atoms with Crippen LogP contribution in [0.25, 0.3) is 0 Å². The molecule has 0 aliphatic carbocycles. The summed E-state index contributed by atoms with van der Waals surface area (Å²) in [6, 6.07) is 0. The summed E-state index contributed by atoms with van der Waals surface area (Å²) in [6.07, 6.45) is 3.97. The van der Waals surface area contributed by atoms with Crippen molar-refractivity contribution in [3.05, 3.63) is 11.6 Å². The Hall–Kier alpha value is -0.550. The maximum absolute atomic E-state index is 9.66. The van der Waals surface area contributed by atoms with Crippen LogP contribution < -0.4 is 0 Å². The van der Waals surface area contributed by atoms with Gasteiger partial charge in [0.15, 0.2) is 0 Å². The lowest BCUT2D eigenvalue weighted by Gasteiger charge is -2.21. The molecule has 1 N–H and O–H groups in total. The standard InChI is InChI=1S/C10H15N3OS/c14-7-3-4-9-11-12-10(13(9)6-7)8-2-1-5-15-8/h7-8,14H,1-6H2. The number of nitrogens with zero attached hydrogens (tertiary/aromatic N) is 3. The Morgan fingerprint density at radius 1 is 1.33 bits per heavy atom. The zero-order valence-electron chi connectivity index (χ0n) is 8.59. The van der Waals surface area contributed by atoms with Crippen LogP contribution in [-0.4, -0.2) is 31.7 Å². The second-order valence-electron chi connectivity index (χ2n) is 4.28. The third-order valence-corrected chi connectivity index (χ3v) is 4.54. The smallest absolute Gasteiger partial charge is 0.146 e. The van der Waals surface area contributed by atoms with Gasteiger partial charge in [0.2, 0.25) is 0 Å². The molecule has 3 heterocycles. The van der Waals surface area contributed by atoms with Crippen LogP contribution in [0.2, 0.25) is 0 Å². The molecule has 2 aliphatic heterocycles. The molecule has 5 heteroatoms. The number of aryl methyl sites for hydroxylation is 1. The first-order chi connectivity index (χ1) is 7.34. The topological polar surface area (TPSA) is 50.9 Å². The molecule has 1 aromatic rings. The molecular weight excluding hydrogens is 210 g/mol. The largest absolute Gasteiger partial charge is 0.391 e. The van der Waals surface area contributed by atoms with Gasteiger partial charge in [0.1, 0.15) is 11.6 Å². The highest BCUT2D eigenvalue weighted by atomic mass is 32.2. The predicted molar refractivity (Wildman–Crippen MR) is 58.8 cm³/mol. The van der Waals surface area contributed by atoms with Crippen LogP contribution in [-0.2, 0) is 13.0 Å². The number of fused-ring (bicyclic) bond motifs is 1. The van der Waals surface area contributed by atoms with Gasteiger partial charge in [-0.05, 0) is 25.0 Å². The van der Waals surface area contributed by atoms with E-state index in [9.17, 15) is 5.11 Å². The molecule has 0 amide bonds. The van der Waals surface area contributed by atoms with Crippen LogP contribution in [0.15, 0.2) is 0 Å². The molecule has 1 aromatic heterocycles. The minimum absolute atomic E-state index is 0.210. The Balaban J connectivity index is 1.92. The van der Waals surface area contributed by atoms with Crippen LogP contribution in [0.5, 0.6) is 0 Å². The van der Waals surface area contributed by atoms with Crippen molar-refractivity contribution < 1.29 is 5.11 Å². The summed E-state index contributed by atoms with van der Waals surface area (Å²) >= 11 is 1.97. The first-order valence-corrected chi connectivity index (χ1v) is 6.61. The maximum atomic E-state index is 9.66. The summed E-state index contributed by atoms with van der Waals surface area (Å²) in [6.45, 7) is 0.689. The van der Waals surface area contributed by atoms with Gasteiger partial charge < -0.3 is 9.67 Å². The van der Waals surface area contributed by atoms with E-state index >= 15 is 0 Å². The van der Waals surface area contributed by atoms with E-state index < -0.39 is 0 Å². The summed E-state index contributed by atoms with van der Waals surface area (Å²) in [5.74, 6) is 3.38. The number of aliphatic hydroxyl groups excluding tert-OH is 1. The predicted octanol–water partition coefficient (Wildman–Crippen LogP) is 1.15. The molecule has 0 radical (unpaired) electrons. The molecular formula is C10H15N3OS. The molecule has 2 aliphatic rings. The summed E-state index contributed by atoms with van der Waals surface area (Å²) in [4.78, 5) is 0. The van der Waals surface area contributed by atoms with E-state index in [1.54, 1.807) is 0 Å². The molecule has 82 valence electrons. The SMILES string of the molecule is OC1CCc2nnc(C3CCCS3)n2C1. The molecule has 15 heavy (non-hydrogen) atoms. The van der Waals surface area contributed by atoms with Gasteiger partial charge in [0, 0.05) is 6.42 Å². The molecule has 0 saturated carbocycles. The van der Waals surface area contributed by atoms with Crippen LogP contribution in [0.3, 0.4) is 0 Å². The zero-order chi connectivity index (χ0) is 10.3. The van der Waals surface area contributed by atoms with E-state index in [0.29, 0.717) is 11.8 Å². The van der Waals surface area contributed by atoms with Gasteiger partial charge in [-0.25, -0.2) is 0 Å². The van der Waals surface area contributed by atoms with Gasteiger partial charge in [-0.15, -0.1) is 10.2 Å². The molecule has 1 fully saturated rings. The van der Waals surface area contributed by atoms with Crippen LogP contribution in [0.1, 0.15) is 36.2 Å². The minimum atomic E-state index is -0.210. The quantitative estimate of drug-likeness (QED) is 0.779. The lowest BCUT2D eigenvalue weighted by atomic mass is 10.1. The van der Waals surface area contributed by atoms with E-state index in [1.807, 2.05) is 11.8 Å². The Bertz CT molecular complexity index is 360. The van der Waals surface area contributed by atoms with Gasteiger partial charge in [-0.2, -0.15) is 11.8 Å². The number of rotatable bonds is 1. The summed E-state index contributed by atoms with van der Waals surface area (Å²) in [5.41, 5.74) is 0. The van der Waals surface area contributed by atoms with E-state index in [1.165, 1.54) is 18.6 Å². The second kappa shape index (κ2) is 3.79. The molecule has 2 atom stereocenters. The highest BCUT2D eigenvalue weighted by Gasteiger charge is 2.27. The Morgan fingerprint density at radius 3 is 3.07 bits per heavy atom. The van der Waals surface area contributed by atoms with Crippen molar-refractivity contribution in [3.8, 4) is 0 Å². The summed E-state index contributed by atoms with van der Waals surface area (Å²) < 4.78 is 2.14. The van der Waals surface area contributed by atoms with E-state index in [4.69, 9.17) is 0 Å². The first kappa shape index (κ1) is 9.66. The van der Waals surface area contributed by atoms with Crippen molar-refractivity contribution in [2.24, 2.45) is 0 Å². The number of thioether (sulfide) groups is 1. The van der Waals surface area contributed by atoms with Crippen molar-refractivity contribution >= 4 is 11.8 Å². The Kier molecular flexibility index (Phi) is 2.44. The zero-order valence-corrected chi connectivity index (χ0v) is 9.41. The fourth-order valence-corrected chi connectivity index (χ4v) is 3.62. The second-order valence-corrected chi connectivity index (χ2v) is 5.59. The highest BCUT2D eigenvalue weighted by molar-refractivity contribution is 7.99. The Morgan fingerprint density at radius 2 is 2.27 bits per heavy atom. The third-order valence-electron chi connectivity index (χ3n) is 3.17. The lowest BCUT2D eigenvalue weighted by Crippen LogP contribution is -2.25. The van der Waals surface area contributed by atoms with Crippen LogP contribution in [0, 0.1) is 0 Å². The van der Waals surface area contributed by atoms with Crippen LogP contribution in [0.4, 0.5) is 0 Å². The van der Waals surface area contributed by atoms with Gasteiger partial charge in [-0.1, -0.05) is 0 Å². The minimum Gasteiger partial charge on any atom is -0.391 e. The van der Waals surface area contributed by atoms with Crippen molar-refractivity contribution in [1.82, 2.24) is 14.8 Å². The monoisotopic (exact) mass is 225 g/mol. The van der Waals surface area contributed by atoms with Crippen molar-refractivity contribution in [3.63, 3.8) is 0 Å². The number of hydrogen-bond donors (Lipinski definition) is 1. The first-order valence-electron chi connectivity index (χ1n) is 5.56. The van der Waals surface area contributed by atoms with Gasteiger partial charge in [0.05, 0.1) is 17.9 Å². The summed E-state index contributed by atoms with van der Waals surface area (Å²) in [7, 11) is 0. The van der Waals surface area contributed by atoms with Crippen molar-refractivity contribution in [2.75, 3.05) is 5.75 Å². The van der Waals surface area contributed by atoms with Gasteiger partial charge >= 0.3 is 0 Å². The lowest BCUT2D eigenvalue weighted by molar-refractivity contribution is 0.129. The molecule has 3 rings (SSSR count). The van der Waals surface area contributed by atoms with E-state index in [2.05, 4.69) is 14.8 Å². The van der Waals surface area contributed by atoms with E-state index in [-0.39, 0.29) is 6.10 Å². The maximum Gasteiger partial charge on any atom is 0.146 e. The number of aliphatic hydroxyl groups is 1. The van der Waals surface area contributed by atoms with Gasteiger partial charge in [0.25, 0.3) is 0 Å². The fourth-order valence-electron chi connectivity index (χ4n) is 2.35. The Labute approximate surface area is 93.1 Å². The van der Waals surface area contributed by atoms with E-state index in [0.717, 1.165) is 24.5 Å². The normalized spacial score (nSPS) is 30.5. The van der Waals surface area contributed by atoms with Gasteiger partial charge in [-0.3, -0.25) is 0 Å². The van der Waals surface area contributed by atoms with Crippen molar-refractivity contribution in [2.45, 2.75) is 43.6 Å². The molecule has 2 unspecified atom stereocenters. The third kappa shape index (κ3) is 1.67. The fraction of sp³-hybridized carbons (Fsp3) is 0.800. The van der Waals surface area contributed by atoms with Crippen molar-refractivity contribution in [1.29, 1.82) is 0 Å². The molecule has 0 bridgehead atoms. The molecule has 0 aromatic carbocycles. The molecule has 1 saturated heterocycles. The highest BCUT2D eigenvalue weighted by Crippen LogP contribution is 2.39. The number of aromatic nitrogens is 3. The van der Waals surface area contributed by atoms with Crippen LogP contribution >= 0.6 is 11.8 Å². The molecule has 4 nitrogen and oxygen atoms in total. The average Bonchev–Trinajstić information content (AvgIpc) is 2.83.